The topological polar surface area (TPSA) is 26.3 Å². The molecule has 0 N–H and O–H groups in total. The van der Waals surface area contributed by atoms with Crippen LogP contribution in [-0.4, -0.2) is 24.4 Å². The highest BCUT2D eigenvalue weighted by Crippen LogP contribution is 2.10. The van der Waals surface area contributed by atoms with Gasteiger partial charge in [-0.1, -0.05) is 6.92 Å². The first-order valence-electron chi connectivity index (χ1n) is 3.18. The summed E-state index contributed by atoms with van der Waals surface area (Å²) in [7, 11) is 0. The Kier molecular flexibility index (Phi) is 5.11. The molecule has 5 heteroatoms. The summed E-state index contributed by atoms with van der Waals surface area (Å²) in [6, 6.07) is 0. The quantitative estimate of drug-likeness (QED) is 0.495. The van der Waals surface area contributed by atoms with Gasteiger partial charge in [-0.15, -0.1) is 11.6 Å². The van der Waals surface area contributed by atoms with Crippen LogP contribution in [-0.2, 0) is 9.53 Å². The maximum Gasteiger partial charge on any atom is 0.330 e. The number of esters is 1. The molecule has 0 aromatic rings. The van der Waals surface area contributed by atoms with Crippen molar-refractivity contribution in [3.63, 3.8) is 0 Å². The van der Waals surface area contributed by atoms with Crippen LogP contribution in [0.25, 0.3) is 0 Å². The van der Waals surface area contributed by atoms with Crippen molar-refractivity contribution in [1.29, 1.82) is 0 Å². The van der Waals surface area contributed by atoms with E-state index < -0.39 is 17.8 Å². The molecule has 0 spiro atoms. The first kappa shape index (κ1) is 10.6. The summed E-state index contributed by atoms with van der Waals surface area (Å²) in [5.74, 6) is -1.05. The Labute approximate surface area is 68.5 Å². The van der Waals surface area contributed by atoms with Crippen molar-refractivity contribution < 1.29 is 18.3 Å². The molecule has 0 heterocycles. The molecule has 0 bridgehead atoms. The fraction of sp³-hybridized carbons (Fsp3) is 0.833. The van der Waals surface area contributed by atoms with Crippen LogP contribution in [0.3, 0.4) is 0 Å². The van der Waals surface area contributed by atoms with Crippen LogP contribution in [0.15, 0.2) is 0 Å². The van der Waals surface area contributed by atoms with Gasteiger partial charge in [-0.05, 0) is 6.42 Å². The van der Waals surface area contributed by atoms with Crippen LogP contribution in [0.2, 0.25) is 0 Å². The van der Waals surface area contributed by atoms with Gasteiger partial charge in [0.1, 0.15) is 0 Å². The van der Waals surface area contributed by atoms with E-state index in [4.69, 9.17) is 11.6 Å². The lowest BCUT2D eigenvalue weighted by molar-refractivity contribution is -0.145. The maximum absolute atomic E-state index is 11.7. The van der Waals surface area contributed by atoms with E-state index in [1.165, 1.54) is 0 Å². The molecule has 0 rings (SSSR count). The van der Waals surface area contributed by atoms with E-state index in [0.29, 0.717) is 6.42 Å². The number of ether oxygens (including phenoxy) is 1. The summed E-state index contributed by atoms with van der Waals surface area (Å²) in [5.41, 5.74) is 0. The second kappa shape index (κ2) is 5.29. The van der Waals surface area contributed by atoms with Crippen molar-refractivity contribution >= 4 is 17.6 Å². The molecular formula is C6H9ClF2O2. The van der Waals surface area contributed by atoms with Gasteiger partial charge in [0, 0.05) is 0 Å². The van der Waals surface area contributed by atoms with E-state index in [2.05, 4.69) is 4.74 Å². The van der Waals surface area contributed by atoms with E-state index in [-0.39, 0.29) is 6.61 Å². The molecule has 0 aromatic carbocycles. The fourth-order valence-corrected chi connectivity index (χ4v) is 0.448. The van der Waals surface area contributed by atoms with Crippen LogP contribution < -0.4 is 0 Å². The highest BCUT2D eigenvalue weighted by molar-refractivity contribution is 6.30. The van der Waals surface area contributed by atoms with Gasteiger partial charge in [0.15, 0.2) is 5.38 Å². The van der Waals surface area contributed by atoms with Crippen molar-refractivity contribution in [2.45, 2.75) is 25.1 Å². The molecule has 66 valence electrons. The molecule has 0 aliphatic heterocycles. The van der Waals surface area contributed by atoms with E-state index >= 15 is 0 Å². The second-order valence-corrected chi connectivity index (χ2v) is 2.37. The smallest absolute Gasteiger partial charge is 0.330 e. The summed E-state index contributed by atoms with van der Waals surface area (Å²) in [4.78, 5) is 10.5. The first-order valence-corrected chi connectivity index (χ1v) is 3.62. The second-order valence-electron chi connectivity index (χ2n) is 1.90. The van der Waals surface area contributed by atoms with Crippen molar-refractivity contribution in [2.24, 2.45) is 0 Å². The summed E-state index contributed by atoms with van der Waals surface area (Å²) in [6.07, 6.45) is -2.26. The van der Waals surface area contributed by atoms with Crippen molar-refractivity contribution in [3.8, 4) is 0 Å². The standard InChI is InChI=1S/C6H9ClF2O2/c1-2-3-11-6(10)4(7)5(8)9/h4-5H,2-3H2,1H3. The minimum Gasteiger partial charge on any atom is -0.464 e. The van der Waals surface area contributed by atoms with Crippen LogP contribution in [0.5, 0.6) is 0 Å². The molecule has 2 nitrogen and oxygen atoms in total. The Morgan fingerprint density at radius 2 is 2.18 bits per heavy atom. The van der Waals surface area contributed by atoms with Crippen molar-refractivity contribution in [2.75, 3.05) is 6.61 Å². The van der Waals surface area contributed by atoms with Gasteiger partial charge in [-0.25, -0.2) is 8.78 Å². The van der Waals surface area contributed by atoms with Crippen LogP contribution in [0.1, 0.15) is 13.3 Å². The SMILES string of the molecule is CCCOC(=O)C(Cl)C(F)F. The summed E-state index contributed by atoms with van der Waals surface area (Å²) in [5, 5.41) is -1.83. The lowest BCUT2D eigenvalue weighted by atomic mass is 10.4. The van der Waals surface area contributed by atoms with Gasteiger partial charge in [0.05, 0.1) is 6.61 Å². The Bertz CT molecular complexity index is 130. The van der Waals surface area contributed by atoms with E-state index in [1.807, 2.05) is 0 Å². The molecule has 1 atom stereocenters. The molecule has 0 amide bonds. The lowest BCUT2D eigenvalue weighted by Gasteiger charge is -2.06. The molecule has 0 aromatic heterocycles. The molecule has 0 aliphatic rings. The van der Waals surface area contributed by atoms with E-state index in [1.54, 1.807) is 6.92 Å². The summed E-state index contributed by atoms with van der Waals surface area (Å²) >= 11 is 4.98. The molecule has 0 aliphatic carbocycles. The predicted molar refractivity (Wildman–Crippen MR) is 36.9 cm³/mol. The molecule has 11 heavy (non-hydrogen) atoms. The van der Waals surface area contributed by atoms with Gasteiger partial charge in [-0.2, -0.15) is 0 Å². The average Bonchev–Trinajstić information content (AvgIpc) is 1.98. The predicted octanol–water partition coefficient (Wildman–Crippen LogP) is 1.81. The average molecular weight is 187 g/mol. The monoisotopic (exact) mass is 186 g/mol. The number of carbonyl (C=O) groups excluding carboxylic acids is 1. The zero-order chi connectivity index (χ0) is 8.85. The zero-order valence-electron chi connectivity index (χ0n) is 6.02. The Hall–Kier alpha value is -0.380. The summed E-state index contributed by atoms with van der Waals surface area (Å²) < 4.78 is 27.7. The zero-order valence-corrected chi connectivity index (χ0v) is 6.78. The Morgan fingerprint density at radius 1 is 1.64 bits per heavy atom. The Morgan fingerprint density at radius 3 is 2.55 bits per heavy atom. The van der Waals surface area contributed by atoms with Gasteiger partial charge < -0.3 is 4.74 Å². The third kappa shape index (κ3) is 4.14. The maximum atomic E-state index is 11.7. The largest absolute Gasteiger partial charge is 0.464 e. The fourth-order valence-electron chi connectivity index (χ4n) is 0.385. The number of halogens is 3. The molecule has 0 saturated heterocycles. The number of alkyl halides is 3. The van der Waals surface area contributed by atoms with E-state index in [9.17, 15) is 13.6 Å². The molecule has 0 saturated carbocycles. The minimum atomic E-state index is -2.86. The molecule has 0 fully saturated rings. The third-order valence-corrected chi connectivity index (χ3v) is 1.26. The number of carbonyl (C=O) groups is 1. The highest BCUT2D eigenvalue weighted by Gasteiger charge is 2.26. The lowest BCUT2D eigenvalue weighted by Crippen LogP contribution is -2.25. The van der Waals surface area contributed by atoms with Gasteiger partial charge >= 0.3 is 5.97 Å². The normalized spacial score (nSPS) is 13.2. The van der Waals surface area contributed by atoms with Gasteiger partial charge in [0.2, 0.25) is 0 Å². The molecule has 0 radical (unpaired) electrons. The van der Waals surface area contributed by atoms with Gasteiger partial charge in [-0.3, -0.25) is 4.79 Å². The number of rotatable bonds is 4. The Balaban J connectivity index is 3.64. The highest BCUT2D eigenvalue weighted by atomic mass is 35.5. The first-order chi connectivity index (χ1) is 5.09. The minimum absolute atomic E-state index is 0.134. The third-order valence-electron chi connectivity index (χ3n) is 0.895. The van der Waals surface area contributed by atoms with Gasteiger partial charge in [0.25, 0.3) is 6.43 Å². The summed E-state index contributed by atoms with van der Waals surface area (Å²) in [6.45, 7) is 1.90. The number of hydrogen-bond acceptors (Lipinski definition) is 2. The van der Waals surface area contributed by atoms with Crippen molar-refractivity contribution in [3.05, 3.63) is 0 Å². The molecular weight excluding hydrogens is 178 g/mol. The van der Waals surface area contributed by atoms with Crippen molar-refractivity contribution in [1.82, 2.24) is 0 Å². The molecule has 1 unspecified atom stereocenters. The van der Waals surface area contributed by atoms with Crippen LogP contribution in [0, 0.1) is 0 Å². The van der Waals surface area contributed by atoms with Crippen LogP contribution >= 0.6 is 11.6 Å². The van der Waals surface area contributed by atoms with Crippen LogP contribution in [0.4, 0.5) is 8.78 Å². The number of hydrogen-bond donors (Lipinski definition) is 0. The van der Waals surface area contributed by atoms with E-state index in [0.717, 1.165) is 0 Å².